The van der Waals surface area contributed by atoms with Crippen molar-refractivity contribution in [2.24, 2.45) is 0 Å². The lowest BCUT2D eigenvalue weighted by Crippen LogP contribution is -2.31. The number of hydrogen-bond donors (Lipinski definition) is 0. The maximum Gasteiger partial charge on any atom is 0.147 e. The zero-order valence-electron chi connectivity index (χ0n) is 10.5. The molecule has 1 aliphatic rings. The summed E-state index contributed by atoms with van der Waals surface area (Å²) in [6.07, 6.45) is 4.33. The Hall–Kier alpha value is -1.34. The number of benzene rings is 1. The van der Waals surface area contributed by atoms with Crippen LogP contribution in [0.25, 0.3) is 0 Å². The van der Waals surface area contributed by atoms with Gasteiger partial charge in [-0.15, -0.1) is 0 Å². The van der Waals surface area contributed by atoms with E-state index >= 15 is 0 Å². The fourth-order valence-electron chi connectivity index (χ4n) is 2.71. The minimum Gasteiger partial charge on any atom is -0.229 e. The van der Waals surface area contributed by atoms with Crippen LogP contribution in [0.4, 0.5) is 0 Å². The van der Waals surface area contributed by atoms with Crippen LogP contribution in [-0.2, 0) is 21.7 Å². The van der Waals surface area contributed by atoms with Gasteiger partial charge in [0.2, 0.25) is 0 Å². The van der Waals surface area contributed by atoms with Crippen molar-refractivity contribution in [3.63, 3.8) is 0 Å². The van der Waals surface area contributed by atoms with Crippen molar-refractivity contribution in [2.75, 3.05) is 12.0 Å². The minimum absolute atomic E-state index is 0.0783. The standard InChI is InChI=1S/C14H17NO2S/c1-18(16,17)10-9-14(11-15)8-4-6-12-5-2-3-7-13(12)14/h2-3,5,7H,4,6,8-10H2,1H3. The van der Waals surface area contributed by atoms with Crippen LogP contribution >= 0.6 is 0 Å². The molecule has 1 aromatic carbocycles. The maximum absolute atomic E-state index is 11.3. The summed E-state index contributed by atoms with van der Waals surface area (Å²) in [7, 11) is -3.03. The number of nitrogens with zero attached hydrogens (tertiary/aromatic N) is 1. The molecule has 0 spiro atoms. The second kappa shape index (κ2) is 4.74. The number of nitriles is 1. The molecule has 0 fully saturated rings. The van der Waals surface area contributed by atoms with Crippen molar-refractivity contribution in [2.45, 2.75) is 31.1 Å². The Bertz CT molecular complexity index is 586. The molecule has 0 aromatic heterocycles. The summed E-state index contributed by atoms with van der Waals surface area (Å²) in [5, 5.41) is 9.54. The van der Waals surface area contributed by atoms with Crippen LogP contribution in [0.5, 0.6) is 0 Å². The van der Waals surface area contributed by atoms with E-state index in [4.69, 9.17) is 0 Å². The normalized spacial score (nSPS) is 23.1. The Morgan fingerprint density at radius 2 is 2.11 bits per heavy atom. The van der Waals surface area contributed by atoms with Crippen molar-refractivity contribution >= 4 is 9.84 Å². The van der Waals surface area contributed by atoms with E-state index < -0.39 is 15.3 Å². The van der Waals surface area contributed by atoms with E-state index in [9.17, 15) is 13.7 Å². The summed E-state index contributed by atoms with van der Waals surface area (Å²) in [6.45, 7) is 0. The molecule has 2 rings (SSSR count). The number of fused-ring (bicyclic) bond motifs is 1. The molecule has 4 heteroatoms. The molecule has 0 bridgehead atoms. The molecule has 18 heavy (non-hydrogen) atoms. The molecule has 0 saturated heterocycles. The zero-order chi connectivity index (χ0) is 13.2. The Kier molecular flexibility index (Phi) is 3.45. The van der Waals surface area contributed by atoms with Crippen LogP contribution in [0.1, 0.15) is 30.4 Å². The van der Waals surface area contributed by atoms with E-state index in [0.29, 0.717) is 6.42 Å². The highest BCUT2D eigenvalue weighted by Crippen LogP contribution is 2.39. The van der Waals surface area contributed by atoms with Gasteiger partial charge in [-0.25, -0.2) is 8.42 Å². The molecule has 0 radical (unpaired) electrons. The van der Waals surface area contributed by atoms with E-state index in [2.05, 4.69) is 6.07 Å². The van der Waals surface area contributed by atoms with Crippen molar-refractivity contribution in [3.05, 3.63) is 35.4 Å². The molecule has 1 unspecified atom stereocenters. The van der Waals surface area contributed by atoms with E-state index in [0.717, 1.165) is 24.8 Å². The van der Waals surface area contributed by atoms with Gasteiger partial charge in [-0.05, 0) is 36.8 Å². The van der Waals surface area contributed by atoms with Crippen molar-refractivity contribution in [1.29, 1.82) is 5.26 Å². The monoisotopic (exact) mass is 263 g/mol. The van der Waals surface area contributed by atoms with Crippen LogP contribution in [0.3, 0.4) is 0 Å². The fraction of sp³-hybridized carbons (Fsp3) is 0.500. The molecule has 0 aliphatic heterocycles. The molecular weight excluding hydrogens is 246 g/mol. The average molecular weight is 263 g/mol. The Morgan fingerprint density at radius 1 is 1.39 bits per heavy atom. The van der Waals surface area contributed by atoms with Gasteiger partial charge in [0.25, 0.3) is 0 Å². The average Bonchev–Trinajstić information content (AvgIpc) is 2.35. The molecule has 0 N–H and O–H groups in total. The van der Waals surface area contributed by atoms with E-state index in [1.54, 1.807) is 0 Å². The summed E-state index contributed by atoms with van der Waals surface area (Å²) in [5.41, 5.74) is 1.61. The third kappa shape index (κ3) is 2.56. The summed E-state index contributed by atoms with van der Waals surface area (Å²) in [6, 6.07) is 10.3. The first-order chi connectivity index (χ1) is 8.47. The predicted octanol–water partition coefficient (Wildman–Crippen LogP) is 2.22. The van der Waals surface area contributed by atoms with E-state index in [1.807, 2.05) is 24.3 Å². The van der Waals surface area contributed by atoms with Gasteiger partial charge in [0.15, 0.2) is 0 Å². The summed E-state index contributed by atoms with van der Waals surface area (Å²) in [4.78, 5) is 0. The molecule has 0 saturated carbocycles. The molecule has 1 aromatic rings. The number of hydrogen-bond acceptors (Lipinski definition) is 3. The lowest BCUT2D eigenvalue weighted by molar-refractivity contribution is 0.439. The topological polar surface area (TPSA) is 57.9 Å². The Morgan fingerprint density at radius 3 is 2.78 bits per heavy atom. The van der Waals surface area contributed by atoms with E-state index in [-0.39, 0.29) is 5.75 Å². The highest BCUT2D eigenvalue weighted by molar-refractivity contribution is 7.90. The largest absolute Gasteiger partial charge is 0.229 e. The van der Waals surface area contributed by atoms with Gasteiger partial charge in [-0.1, -0.05) is 24.3 Å². The molecule has 96 valence electrons. The van der Waals surface area contributed by atoms with Crippen LogP contribution in [-0.4, -0.2) is 20.4 Å². The smallest absolute Gasteiger partial charge is 0.147 e. The molecule has 0 amide bonds. The Balaban J connectivity index is 2.37. The first-order valence-electron chi connectivity index (χ1n) is 6.14. The first kappa shape index (κ1) is 13.1. The second-order valence-corrected chi connectivity index (χ2v) is 7.34. The molecule has 1 aliphatic carbocycles. The molecule has 1 atom stereocenters. The van der Waals surface area contributed by atoms with Crippen molar-refractivity contribution in [1.82, 2.24) is 0 Å². The molecule has 3 nitrogen and oxygen atoms in total. The van der Waals surface area contributed by atoms with Crippen molar-refractivity contribution < 1.29 is 8.42 Å². The van der Waals surface area contributed by atoms with Crippen LogP contribution in [0.2, 0.25) is 0 Å². The third-order valence-corrected chi connectivity index (χ3v) is 4.64. The lowest BCUT2D eigenvalue weighted by atomic mass is 9.69. The van der Waals surface area contributed by atoms with Gasteiger partial charge in [0.1, 0.15) is 9.84 Å². The molecule has 0 heterocycles. The van der Waals surface area contributed by atoms with E-state index in [1.165, 1.54) is 11.8 Å². The van der Waals surface area contributed by atoms with Gasteiger partial charge in [-0.3, -0.25) is 0 Å². The quantitative estimate of drug-likeness (QED) is 0.840. The Labute approximate surface area is 108 Å². The SMILES string of the molecule is CS(=O)(=O)CCC1(C#N)CCCc2ccccc21. The predicted molar refractivity (Wildman–Crippen MR) is 71.0 cm³/mol. The third-order valence-electron chi connectivity index (χ3n) is 3.70. The van der Waals surface area contributed by atoms with Gasteiger partial charge >= 0.3 is 0 Å². The minimum atomic E-state index is -3.03. The van der Waals surface area contributed by atoms with Crippen molar-refractivity contribution in [3.8, 4) is 6.07 Å². The van der Waals surface area contributed by atoms with Gasteiger partial charge in [0, 0.05) is 6.26 Å². The molecular formula is C14H17NO2S. The second-order valence-electron chi connectivity index (χ2n) is 5.08. The van der Waals surface area contributed by atoms with Crippen LogP contribution < -0.4 is 0 Å². The van der Waals surface area contributed by atoms with Crippen LogP contribution in [0.15, 0.2) is 24.3 Å². The maximum atomic E-state index is 11.3. The highest BCUT2D eigenvalue weighted by atomic mass is 32.2. The zero-order valence-corrected chi connectivity index (χ0v) is 11.3. The fourth-order valence-corrected chi connectivity index (χ4v) is 3.43. The number of sulfone groups is 1. The van der Waals surface area contributed by atoms with Gasteiger partial charge in [-0.2, -0.15) is 5.26 Å². The lowest BCUT2D eigenvalue weighted by Gasteiger charge is -2.33. The van der Waals surface area contributed by atoms with Gasteiger partial charge < -0.3 is 0 Å². The summed E-state index contributed by atoms with van der Waals surface area (Å²) in [5.74, 6) is 0.0783. The summed E-state index contributed by atoms with van der Waals surface area (Å²) >= 11 is 0. The number of rotatable bonds is 3. The van der Waals surface area contributed by atoms with Gasteiger partial charge in [0.05, 0.1) is 17.2 Å². The van der Waals surface area contributed by atoms with Crippen LogP contribution in [0, 0.1) is 11.3 Å². The number of aryl methyl sites for hydroxylation is 1. The first-order valence-corrected chi connectivity index (χ1v) is 8.20. The summed E-state index contributed by atoms with van der Waals surface area (Å²) < 4.78 is 22.7. The highest BCUT2D eigenvalue weighted by Gasteiger charge is 2.37.